The summed E-state index contributed by atoms with van der Waals surface area (Å²) < 4.78 is 17.6. The Kier molecular flexibility index (Phi) is 5.62. The van der Waals surface area contributed by atoms with Gasteiger partial charge in [0.2, 0.25) is 11.7 Å². The fourth-order valence-electron chi connectivity index (χ4n) is 3.16. The van der Waals surface area contributed by atoms with E-state index in [0.717, 1.165) is 16.8 Å². The lowest BCUT2D eigenvalue weighted by Gasteiger charge is -2.15. The van der Waals surface area contributed by atoms with Gasteiger partial charge in [-0.05, 0) is 25.8 Å². The number of hydrogen-bond donors (Lipinski definition) is 1. The lowest BCUT2D eigenvalue weighted by molar-refractivity contribution is -0.116. The van der Waals surface area contributed by atoms with Crippen LogP contribution in [-0.2, 0) is 11.2 Å². The molecule has 0 aliphatic heterocycles. The van der Waals surface area contributed by atoms with Crippen LogP contribution in [-0.4, -0.2) is 47.0 Å². The van der Waals surface area contributed by atoms with Crippen LogP contribution >= 0.6 is 0 Å². The van der Waals surface area contributed by atoms with Crippen molar-refractivity contribution in [3.05, 3.63) is 35.3 Å². The smallest absolute Gasteiger partial charge is 0.224 e. The Labute approximate surface area is 162 Å². The highest BCUT2D eigenvalue weighted by Gasteiger charge is 2.16. The van der Waals surface area contributed by atoms with Crippen molar-refractivity contribution in [3.63, 3.8) is 0 Å². The van der Waals surface area contributed by atoms with E-state index in [2.05, 4.69) is 20.6 Å². The molecular weight excluding hydrogens is 362 g/mol. The Hall–Kier alpha value is -3.36. The number of aryl methyl sites for hydroxylation is 2. The molecule has 0 atom stereocenters. The van der Waals surface area contributed by atoms with Gasteiger partial charge in [0.1, 0.15) is 6.33 Å². The van der Waals surface area contributed by atoms with Crippen molar-refractivity contribution < 1.29 is 19.0 Å². The van der Waals surface area contributed by atoms with Gasteiger partial charge in [-0.25, -0.2) is 4.52 Å². The number of fused-ring (bicyclic) bond motifs is 1. The zero-order chi connectivity index (χ0) is 20.3. The molecule has 9 nitrogen and oxygen atoms in total. The van der Waals surface area contributed by atoms with Crippen LogP contribution in [0.1, 0.15) is 23.2 Å². The largest absolute Gasteiger partial charge is 0.493 e. The van der Waals surface area contributed by atoms with Crippen molar-refractivity contribution in [1.82, 2.24) is 19.8 Å². The first-order valence-electron chi connectivity index (χ1n) is 8.74. The Morgan fingerprint density at radius 3 is 2.39 bits per heavy atom. The summed E-state index contributed by atoms with van der Waals surface area (Å²) in [4.78, 5) is 12.5. The molecule has 0 spiro atoms. The molecular formula is C19H23N5O4. The van der Waals surface area contributed by atoms with Crippen LogP contribution in [0.5, 0.6) is 17.2 Å². The Morgan fingerprint density at radius 1 is 1.11 bits per heavy atom. The number of nitrogens with one attached hydrogen (secondary N) is 1. The van der Waals surface area contributed by atoms with Gasteiger partial charge < -0.3 is 19.5 Å². The van der Waals surface area contributed by atoms with Crippen molar-refractivity contribution in [2.75, 3.05) is 26.6 Å². The molecule has 0 saturated heterocycles. The van der Waals surface area contributed by atoms with Crippen molar-refractivity contribution >= 4 is 17.2 Å². The lowest BCUT2D eigenvalue weighted by atomic mass is 10.0. The summed E-state index contributed by atoms with van der Waals surface area (Å²) in [5.41, 5.74) is 4.10. The van der Waals surface area contributed by atoms with Crippen LogP contribution in [0, 0.1) is 13.8 Å². The van der Waals surface area contributed by atoms with Gasteiger partial charge in [0.15, 0.2) is 17.1 Å². The molecule has 0 bridgehead atoms. The monoisotopic (exact) mass is 385 g/mol. The van der Waals surface area contributed by atoms with Gasteiger partial charge >= 0.3 is 0 Å². The maximum atomic E-state index is 12.5. The molecule has 2 aromatic heterocycles. The van der Waals surface area contributed by atoms with E-state index in [1.807, 2.05) is 13.8 Å². The van der Waals surface area contributed by atoms with E-state index in [0.29, 0.717) is 41.4 Å². The summed E-state index contributed by atoms with van der Waals surface area (Å²) in [5.74, 6) is 1.30. The number of anilines is 1. The molecule has 0 fully saturated rings. The zero-order valence-corrected chi connectivity index (χ0v) is 16.6. The summed E-state index contributed by atoms with van der Waals surface area (Å²) >= 11 is 0. The maximum Gasteiger partial charge on any atom is 0.224 e. The first-order valence-corrected chi connectivity index (χ1v) is 8.74. The van der Waals surface area contributed by atoms with Crippen LogP contribution in [0.25, 0.3) is 5.65 Å². The number of amides is 1. The van der Waals surface area contributed by atoms with Crippen LogP contribution in [0.15, 0.2) is 18.5 Å². The minimum Gasteiger partial charge on any atom is -0.493 e. The lowest BCUT2D eigenvalue weighted by Crippen LogP contribution is -2.14. The van der Waals surface area contributed by atoms with Crippen molar-refractivity contribution in [2.24, 2.45) is 0 Å². The molecule has 2 heterocycles. The highest BCUT2D eigenvalue weighted by molar-refractivity contribution is 5.91. The van der Waals surface area contributed by atoms with E-state index in [1.54, 1.807) is 23.0 Å². The zero-order valence-electron chi connectivity index (χ0n) is 16.6. The van der Waals surface area contributed by atoms with Gasteiger partial charge in [-0.1, -0.05) is 0 Å². The topological polar surface area (TPSA) is 99.9 Å². The highest BCUT2D eigenvalue weighted by Crippen LogP contribution is 2.39. The number of carbonyl (C=O) groups excluding carboxylic acids is 1. The van der Waals surface area contributed by atoms with Gasteiger partial charge in [0, 0.05) is 29.8 Å². The number of hydrogen-bond acceptors (Lipinski definition) is 7. The molecule has 9 heteroatoms. The molecule has 0 saturated carbocycles. The Morgan fingerprint density at radius 2 is 1.79 bits per heavy atom. The minimum atomic E-state index is -0.130. The number of ether oxygens (including phenoxy) is 3. The Bertz CT molecular complexity index is 990. The minimum absolute atomic E-state index is 0.130. The van der Waals surface area contributed by atoms with Crippen molar-refractivity contribution in [2.45, 2.75) is 26.7 Å². The molecule has 148 valence electrons. The molecule has 1 amide bonds. The first-order chi connectivity index (χ1) is 13.5. The van der Waals surface area contributed by atoms with Crippen LogP contribution in [0.4, 0.5) is 5.69 Å². The molecule has 1 aromatic carbocycles. The van der Waals surface area contributed by atoms with E-state index in [4.69, 9.17) is 14.2 Å². The molecule has 1 N–H and O–H groups in total. The SMILES string of the molecule is COc1cc(NC(=O)CCc2c(C)nn3cnnc3c2C)cc(OC)c1OC. The van der Waals surface area contributed by atoms with Gasteiger partial charge in [-0.15, -0.1) is 10.2 Å². The van der Waals surface area contributed by atoms with E-state index in [9.17, 15) is 4.79 Å². The maximum absolute atomic E-state index is 12.5. The van der Waals surface area contributed by atoms with E-state index in [-0.39, 0.29) is 5.91 Å². The molecule has 0 aliphatic carbocycles. The van der Waals surface area contributed by atoms with Crippen molar-refractivity contribution in [3.8, 4) is 17.2 Å². The molecule has 0 radical (unpaired) electrons. The third kappa shape index (κ3) is 3.68. The third-order valence-electron chi connectivity index (χ3n) is 4.56. The van der Waals surface area contributed by atoms with Crippen molar-refractivity contribution in [1.29, 1.82) is 0 Å². The summed E-state index contributed by atoms with van der Waals surface area (Å²) in [7, 11) is 4.59. The van der Waals surface area contributed by atoms with Gasteiger partial charge in [0.25, 0.3) is 0 Å². The fourth-order valence-corrected chi connectivity index (χ4v) is 3.16. The van der Waals surface area contributed by atoms with E-state index < -0.39 is 0 Å². The summed E-state index contributed by atoms with van der Waals surface area (Å²) in [6, 6.07) is 3.39. The number of carbonyl (C=O) groups is 1. The average Bonchev–Trinajstić information content (AvgIpc) is 3.15. The molecule has 0 unspecified atom stereocenters. The van der Waals surface area contributed by atoms with Crippen LogP contribution < -0.4 is 19.5 Å². The van der Waals surface area contributed by atoms with E-state index in [1.165, 1.54) is 21.3 Å². The number of benzene rings is 1. The second kappa shape index (κ2) is 8.12. The molecule has 0 aliphatic rings. The summed E-state index contributed by atoms with van der Waals surface area (Å²) in [5, 5.41) is 15.3. The summed E-state index contributed by atoms with van der Waals surface area (Å²) in [6.07, 6.45) is 2.41. The van der Waals surface area contributed by atoms with Crippen LogP contribution in [0.3, 0.4) is 0 Å². The third-order valence-corrected chi connectivity index (χ3v) is 4.56. The molecule has 3 aromatic rings. The predicted octanol–water partition coefficient (Wildman–Crippen LogP) is 2.34. The number of nitrogens with zero attached hydrogens (tertiary/aromatic N) is 4. The molecule has 28 heavy (non-hydrogen) atoms. The second-order valence-corrected chi connectivity index (χ2v) is 6.25. The Balaban J connectivity index is 1.75. The number of aromatic nitrogens is 4. The predicted molar refractivity (Wildman–Crippen MR) is 103 cm³/mol. The quantitative estimate of drug-likeness (QED) is 0.666. The number of rotatable bonds is 7. The fraction of sp³-hybridized carbons (Fsp3) is 0.368. The van der Waals surface area contributed by atoms with Gasteiger partial charge in [0.05, 0.1) is 27.0 Å². The van der Waals surface area contributed by atoms with E-state index >= 15 is 0 Å². The normalized spacial score (nSPS) is 10.8. The first kappa shape index (κ1) is 19.4. The highest BCUT2D eigenvalue weighted by atomic mass is 16.5. The summed E-state index contributed by atoms with van der Waals surface area (Å²) in [6.45, 7) is 3.88. The molecule has 3 rings (SSSR count). The van der Waals surface area contributed by atoms with Gasteiger partial charge in [-0.2, -0.15) is 5.10 Å². The standard InChI is InChI=1S/C19H23N5O4/c1-11-14(12(2)23-24-10-20-22-19(11)24)6-7-17(25)21-13-8-15(26-3)18(28-5)16(9-13)27-4/h8-10H,6-7H2,1-5H3,(H,21,25). The average molecular weight is 385 g/mol. The second-order valence-electron chi connectivity index (χ2n) is 6.25. The van der Waals surface area contributed by atoms with Gasteiger partial charge in [-0.3, -0.25) is 4.79 Å². The van der Waals surface area contributed by atoms with Crippen LogP contribution in [0.2, 0.25) is 0 Å². The number of methoxy groups -OCH3 is 3.